The lowest BCUT2D eigenvalue weighted by molar-refractivity contribution is -0.120. The molecule has 2 rings (SSSR count). The zero-order valence-corrected chi connectivity index (χ0v) is 13.1. The molecular weight excluding hydrogens is 260 g/mol. The first-order chi connectivity index (χ1) is 8.36. The van der Waals surface area contributed by atoms with E-state index in [1.165, 1.54) is 5.56 Å². The van der Waals surface area contributed by atoms with Crippen molar-refractivity contribution in [2.75, 3.05) is 0 Å². The Morgan fingerprint density at radius 2 is 1.94 bits per heavy atom. The molecule has 1 fully saturated rings. The van der Waals surface area contributed by atoms with Crippen molar-refractivity contribution in [3.05, 3.63) is 34.9 Å². The average Bonchev–Trinajstić information content (AvgIpc) is 2.27. The fourth-order valence-electron chi connectivity index (χ4n) is 2.82. The summed E-state index contributed by atoms with van der Waals surface area (Å²) < 4.78 is 0. The lowest BCUT2D eigenvalue weighted by atomic mass is 9.83. The normalized spacial score (nSPS) is 25.2. The quantitative estimate of drug-likeness (QED) is 0.705. The van der Waals surface area contributed by atoms with Gasteiger partial charge in [-0.3, -0.25) is 4.79 Å². The number of Topliss-reactive ketones (excluding diaryl/α,β-unsaturated/α-hetero) is 1. The van der Waals surface area contributed by atoms with Crippen LogP contribution in [0.5, 0.6) is 0 Å². The first-order valence-corrected chi connectivity index (χ1v) is 10.6. The van der Waals surface area contributed by atoms with E-state index >= 15 is 0 Å². The predicted molar refractivity (Wildman–Crippen MR) is 80.1 cm³/mol. The summed E-state index contributed by atoms with van der Waals surface area (Å²) in [6, 6.07) is 8.01. The molecule has 0 heterocycles. The summed E-state index contributed by atoms with van der Waals surface area (Å²) >= 11 is 6.05. The summed E-state index contributed by atoms with van der Waals surface area (Å²) in [6.07, 6.45) is 2.65. The second kappa shape index (κ2) is 5.18. The maximum atomic E-state index is 12.0. The van der Waals surface area contributed by atoms with E-state index in [0.717, 1.165) is 17.9 Å². The van der Waals surface area contributed by atoms with Crippen molar-refractivity contribution in [1.29, 1.82) is 0 Å². The number of halogens is 1. The van der Waals surface area contributed by atoms with E-state index in [9.17, 15) is 4.79 Å². The molecule has 0 saturated heterocycles. The highest BCUT2D eigenvalue weighted by Crippen LogP contribution is 2.42. The summed E-state index contributed by atoms with van der Waals surface area (Å²) in [5.74, 6) is 0.806. The van der Waals surface area contributed by atoms with Crippen LogP contribution in [0.2, 0.25) is 30.2 Å². The van der Waals surface area contributed by atoms with Crippen molar-refractivity contribution in [3.8, 4) is 0 Å². The molecule has 1 aromatic rings. The van der Waals surface area contributed by atoms with Gasteiger partial charge in [0.25, 0.3) is 0 Å². The molecule has 1 aliphatic rings. The number of hydrogen-bond donors (Lipinski definition) is 0. The lowest BCUT2D eigenvalue weighted by Crippen LogP contribution is -2.34. The van der Waals surface area contributed by atoms with Gasteiger partial charge in [0.15, 0.2) is 0 Å². The number of hydrogen-bond acceptors (Lipinski definition) is 1. The molecule has 18 heavy (non-hydrogen) atoms. The van der Waals surface area contributed by atoms with Crippen molar-refractivity contribution in [2.45, 2.75) is 50.4 Å². The van der Waals surface area contributed by atoms with Crippen LogP contribution >= 0.6 is 11.6 Å². The topological polar surface area (TPSA) is 17.1 Å². The van der Waals surface area contributed by atoms with Crippen LogP contribution in [-0.2, 0) is 4.79 Å². The third-order valence-corrected chi connectivity index (χ3v) is 7.19. The Balaban J connectivity index is 2.21. The third-order valence-electron chi connectivity index (χ3n) is 4.06. The fraction of sp³-hybridized carbons (Fsp3) is 0.533. The Hall–Kier alpha value is -0.603. The minimum Gasteiger partial charge on any atom is -0.300 e. The summed E-state index contributed by atoms with van der Waals surface area (Å²) in [5, 5.41) is 0.773. The van der Waals surface area contributed by atoms with Gasteiger partial charge >= 0.3 is 0 Å². The molecule has 0 amide bonds. The molecule has 0 spiro atoms. The number of carbonyl (C=O) groups excluding carboxylic acids is 1. The molecule has 0 N–H and O–H groups in total. The zero-order valence-electron chi connectivity index (χ0n) is 11.4. The molecule has 0 aromatic heterocycles. The highest BCUT2D eigenvalue weighted by molar-refractivity contribution is 6.77. The van der Waals surface area contributed by atoms with Gasteiger partial charge in [0.1, 0.15) is 5.78 Å². The van der Waals surface area contributed by atoms with Gasteiger partial charge in [-0.1, -0.05) is 43.4 Å². The third kappa shape index (κ3) is 3.24. The van der Waals surface area contributed by atoms with E-state index in [1.807, 2.05) is 18.2 Å². The van der Waals surface area contributed by atoms with Gasteiger partial charge < -0.3 is 0 Å². The van der Waals surface area contributed by atoms with E-state index in [0.29, 0.717) is 23.7 Å². The summed E-state index contributed by atoms with van der Waals surface area (Å²) in [5.41, 5.74) is 1.85. The van der Waals surface area contributed by atoms with E-state index < -0.39 is 8.07 Å². The predicted octanol–water partition coefficient (Wildman–Crippen LogP) is 4.89. The number of carbonyl (C=O) groups is 1. The fourth-order valence-corrected chi connectivity index (χ4v) is 4.85. The van der Waals surface area contributed by atoms with Gasteiger partial charge in [-0.25, -0.2) is 0 Å². The van der Waals surface area contributed by atoms with Crippen LogP contribution in [-0.4, -0.2) is 13.9 Å². The van der Waals surface area contributed by atoms with Crippen LogP contribution in [0.1, 0.15) is 30.7 Å². The highest BCUT2D eigenvalue weighted by Gasteiger charge is 2.35. The second-order valence-electron chi connectivity index (χ2n) is 6.50. The van der Waals surface area contributed by atoms with Gasteiger partial charge in [-0.2, -0.15) is 0 Å². The van der Waals surface area contributed by atoms with Crippen molar-refractivity contribution < 1.29 is 4.79 Å². The van der Waals surface area contributed by atoms with E-state index in [2.05, 4.69) is 25.7 Å². The zero-order chi connectivity index (χ0) is 13.3. The van der Waals surface area contributed by atoms with Crippen LogP contribution in [0, 0.1) is 0 Å². The van der Waals surface area contributed by atoms with Gasteiger partial charge in [0.2, 0.25) is 0 Å². The minimum absolute atomic E-state index is 0.377. The van der Waals surface area contributed by atoms with Crippen LogP contribution in [0.3, 0.4) is 0 Å². The SMILES string of the molecule is C[Si](C)(C)C1CC(=O)C[C@@H](c2cccc(Cl)c2)C1. The molecule has 2 atom stereocenters. The highest BCUT2D eigenvalue weighted by atomic mass is 35.5. The molecule has 0 aliphatic heterocycles. The molecule has 0 radical (unpaired) electrons. The van der Waals surface area contributed by atoms with Crippen molar-refractivity contribution in [3.63, 3.8) is 0 Å². The molecular formula is C15H21ClOSi. The Morgan fingerprint density at radius 1 is 1.22 bits per heavy atom. The summed E-state index contributed by atoms with van der Waals surface area (Å²) in [4.78, 5) is 12.0. The molecule has 0 bridgehead atoms. The largest absolute Gasteiger partial charge is 0.300 e. The molecule has 1 saturated carbocycles. The number of benzene rings is 1. The van der Waals surface area contributed by atoms with Gasteiger partial charge in [-0.05, 0) is 35.6 Å². The Morgan fingerprint density at radius 3 is 2.56 bits per heavy atom. The Kier molecular flexibility index (Phi) is 3.98. The average molecular weight is 281 g/mol. The summed E-state index contributed by atoms with van der Waals surface area (Å²) in [6.45, 7) is 7.10. The van der Waals surface area contributed by atoms with E-state index in [-0.39, 0.29) is 0 Å². The van der Waals surface area contributed by atoms with Crippen LogP contribution in [0.15, 0.2) is 24.3 Å². The first-order valence-electron chi connectivity index (χ1n) is 6.63. The van der Waals surface area contributed by atoms with Crippen molar-refractivity contribution >= 4 is 25.5 Å². The van der Waals surface area contributed by atoms with Gasteiger partial charge in [0.05, 0.1) is 0 Å². The molecule has 98 valence electrons. The molecule has 1 aliphatic carbocycles. The second-order valence-corrected chi connectivity index (χ2v) is 12.5. The number of ketones is 1. The molecule has 3 heteroatoms. The van der Waals surface area contributed by atoms with Crippen molar-refractivity contribution in [1.82, 2.24) is 0 Å². The van der Waals surface area contributed by atoms with Gasteiger partial charge in [0, 0.05) is 25.9 Å². The minimum atomic E-state index is -1.24. The maximum Gasteiger partial charge on any atom is 0.133 e. The number of rotatable bonds is 2. The maximum absolute atomic E-state index is 12.0. The summed E-state index contributed by atoms with van der Waals surface area (Å²) in [7, 11) is -1.24. The van der Waals surface area contributed by atoms with E-state index in [1.54, 1.807) is 0 Å². The molecule has 1 nitrogen and oxygen atoms in total. The van der Waals surface area contributed by atoms with E-state index in [4.69, 9.17) is 11.6 Å². The lowest BCUT2D eigenvalue weighted by Gasteiger charge is -2.36. The molecule has 1 aromatic carbocycles. The smallest absolute Gasteiger partial charge is 0.133 e. The van der Waals surface area contributed by atoms with Gasteiger partial charge in [-0.15, -0.1) is 0 Å². The van der Waals surface area contributed by atoms with Crippen molar-refractivity contribution in [2.24, 2.45) is 0 Å². The Labute approximate surface area is 116 Å². The monoisotopic (exact) mass is 280 g/mol. The van der Waals surface area contributed by atoms with Crippen LogP contribution < -0.4 is 0 Å². The van der Waals surface area contributed by atoms with Crippen LogP contribution in [0.25, 0.3) is 0 Å². The first kappa shape index (κ1) is 13.8. The van der Waals surface area contributed by atoms with Crippen LogP contribution in [0.4, 0.5) is 0 Å². The standard InChI is InChI=1S/C15H21ClOSi/c1-18(2,3)15-9-12(8-14(17)10-15)11-5-4-6-13(16)7-11/h4-7,12,15H,8-10H2,1-3H3/t12-,15?/m1/s1. The molecule has 1 unspecified atom stereocenters. The Bertz CT molecular complexity index is 450.